The SMILES string of the molecule is Br.Br.C#CC. The highest BCUT2D eigenvalue weighted by molar-refractivity contribution is 8.93. The highest BCUT2D eigenvalue weighted by Gasteiger charge is 1.09. The predicted molar refractivity (Wildman–Crippen MR) is 35.2 cm³/mol. The molecule has 0 saturated heterocycles. The van der Waals surface area contributed by atoms with E-state index in [9.17, 15) is 0 Å². The van der Waals surface area contributed by atoms with Crippen molar-refractivity contribution in [3.63, 3.8) is 0 Å². The zero-order valence-corrected chi connectivity index (χ0v) is 6.32. The minimum atomic E-state index is 0. The van der Waals surface area contributed by atoms with Crippen LogP contribution in [-0.2, 0) is 0 Å². The molecule has 0 amide bonds. The lowest BCUT2D eigenvalue weighted by Crippen LogP contribution is -1.10. The Labute approximate surface area is 53.5 Å². The Hall–Kier alpha value is 0.520. The molecule has 0 bridgehead atoms. The Bertz CT molecular complexity index is 26.4. The highest BCUT2D eigenvalue weighted by atomic mass is 79.9. The van der Waals surface area contributed by atoms with Crippen LogP contribution in [0.25, 0.3) is 0 Å². The van der Waals surface area contributed by atoms with Crippen molar-refractivity contribution in [1.29, 1.82) is 0 Å². The largest absolute Gasteiger partial charge is 0.120 e. The van der Waals surface area contributed by atoms with Gasteiger partial charge in [0.1, 0.15) is 0 Å². The molecule has 0 radical (unpaired) electrons. The summed E-state index contributed by atoms with van der Waals surface area (Å²) >= 11 is 0. The lowest BCUT2D eigenvalue weighted by molar-refractivity contribution is 1.94. The third-order valence-electron chi connectivity index (χ3n) is 0. The summed E-state index contributed by atoms with van der Waals surface area (Å²) in [5.74, 6) is 2.25. The van der Waals surface area contributed by atoms with Crippen LogP contribution in [0.5, 0.6) is 0 Å². The summed E-state index contributed by atoms with van der Waals surface area (Å²) in [6.07, 6.45) is 4.60. The number of hydrogen-bond donors (Lipinski definition) is 0. The van der Waals surface area contributed by atoms with Gasteiger partial charge in [0.15, 0.2) is 0 Å². The van der Waals surface area contributed by atoms with Gasteiger partial charge in [-0.3, -0.25) is 0 Å². The summed E-state index contributed by atoms with van der Waals surface area (Å²) < 4.78 is 0. The molecule has 0 nitrogen and oxygen atoms in total. The number of halogens is 2. The van der Waals surface area contributed by atoms with Crippen LogP contribution in [0, 0.1) is 12.3 Å². The van der Waals surface area contributed by atoms with Crippen molar-refractivity contribution < 1.29 is 0 Å². The smallest absolute Gasteiger partial charge is 0.00297 e. The van der Waals surface area contributed by atoms with Crippen molar-refractivity contribution in [3.05, 3.63) is 0 Å². The lowest BCUT2D eigenvalue weighted by Gasteiger charge is -1.23. The summed E-state index contributed by atoms with van der Waals surface area (Å²) in [7, 11) is 0. The maximum atomic E-state index is 4.60. The fraction of sp³-hybridized carbons (Fsp3) is 0.333. The van der Waals surface area contributed by atoms with Gasteiger partial charge in [0.25, 0.3) is 0 Å². The normalized spacial score (nSPS) is 1.60. The van der Waals surface area contributed by atoms with Crippen LogP contribution < -0.4 is 0 Å². The van der Waals surface area contributed by atoms with Crippen LogP contribution >= 0.6 is 34.0 Å². The van der Waals surface area contributed by atoms with Crippen molar-refractivity contribution in [1.82, 2.24) is 0 Å². The minimum absolute atomic E-state index is 0. The molecule has 0 fully saturated rings. The first kappa shape index (κ1) is 17.8. The molecular weight excluding hydrogens is 196 g/mol. The molecule has 0 aromatic carbocycles. The first-order valence-corrected chi connectivity index (χ1v) is 0.789. The third-order valence-corrected chi connectivity index (χ3v) is 0. The minimum Gasteiger partial charge on any atom is -0.120 e. The number of rotatable bonds is 0. The molecule has 0 aliphatic rings. The van der Waals surface area contributed by atoms with Crippen LogP contribution in [0.15, 0.2) is 0 Å². The summed E-state index contributed by atoms with van der Waals surface area (Å²) in [5, 5.41) is 0. The van der Waals surface area contributed by atoms with E-state index in [0.29, 0.717) is 0 Å². The molecular formula is C3H6Br2. The van der Waals surface area contributed by atoms with E-state index in [1.165, 1.54) is 0 Å². The standard InChI is InChI=1S/C3H4.2BrH/c1-3-2;;/h1H,2H3;2*1H. The maximum absolute atomic E-state index is 4.60. The lowest BCUT2D eigenvalue weighted by atomic mass is 10.9. The van der Waals surface area contributed by atoms with Gasteiger partial charge < -0.3 is 0 Å². The van der Waals surface area contributed by atoms with Crippen LogP contribution in [0.4, 0.5) is 0 Å². The van der Waals surface area contributed by atoms with Crippen molar-refractivity contribution in [2.24, 2.45) is 0 Å². The van der Waals surface area contributed by atoms with Crippen LogP contribution in [-0.4, -0.2) is 0 Å². The molecule has 0 atom stereocenters. The molecule has 0 unspecified atom stereocenters. The molecule has 0 rings (SSSR count). The maximum Gasteiger partial charge on any atom is -0.00297 e. The van der Waals surface area contributed by atoms with Gasteiger partial charge in [-0.05, 0) is 6.92 Å². The second-order valence-corrected chi connectivity index (χ2v) is 0.289. The Morgan fingerprint density at radius 3 is 1.40 bits per heavy atom. The molecule has 0 aromatic heterocycles. The second kappa shape index (κ2) is 24.2. The zero-order valence-electron chi connectivity index (χ0n) is 2.89. The summed E-state index contributed by atoms with van der Waals surface area (Å²) in [5.41, 5.74) is 0. The molecule has 0 aromatic rings. The van der Waals surface area contributed by atoms with Gasteiger partial charge in [-0.15, -0.1) is 46.3 Å². The first-order chi connectivity index (χ1) is 1.41. The fourth-order valence-electron chi connectivity index (χ4n) is 0. The first-order valence-electron chi connectivity index (χ1n) is 0.789. The Morgan fingerprint density at radius 2 is 1.40 bits per heavy atom. The zero-order chi connectivity index (χ0) is 2.71. The molecule has 32 valence electrons. The monoisotopic (exact) mass is 200 g/mol. The fourth-order valence-corrected chi connectivity index (χ4v) is 0. The summed E-state index contributed by atoms with van der Waals surface area (Å²) in [6.45, 7) is 1.65. The highest BCUT2D eigenvalue weighted by Crippen LogP contribution is 1.21. The summed E-state index contributed by atoms with van der Waals surface area (Å²) in [6, 6.07) is 0. The molecule has 0 aliphatic carbocycles. The number of hydrogen-bond acceptors (Lipinski definition) is 0. The van der Waals surface area contributed by atoms with Gasteiger partial charge in [-0.2, -0.15) is 0 Å². The average molecular weight is 202 g/mol. The topological polar surface area (TPSA) is 0 Å². The molecule has 0 heterocycles. The molecule has 0 aliphatic heterocycles. The van der Waals surface area contributed by atoms with E-state index in [2.05, 4.69) is 12.3 Å². The van der Waals surface area contributed by atoms with E-state index in [1.54, 1.807) is 6.92 Å². The molecule has 0 saturated carbocycles. The van der Waals surface area contributed by atoms with Gasteiger partial charge in [-0.1, -0.05) is 0 Å². The van der Waals surface area contributed by atoms with E-state index < -0.39 is 0 Å². The van der Waals surface area contributed by atoms with Gasteiger partial charge >= 0.3 is 0 Å². The van der Waals surface area contributed by atoms with Gasteiger partial charge in [0.2, 0.25) is 0 Å². The van der Waals surface area contributed by atoms with E-state index in [1.807, 2.05) is 0 Å². The molecule has 5 heavy (non-hydrogen) atoms. The van der Waals surface area contributed by atoms with E-state index >= 15 is 0 Å². The van der Waals surface area contributed by atoms with Gasteiger partial charge in [0.05, 0.1) is 0 Å². The molecule has 0 N–H and O–H groups in total. The van der Waals surface area contributed by atoms with Gasteiger partial charge in [-0.25, -0.2) is 0 Å². The van der Waals surface area contributed by atoms with Crippen molar-refractivity contribution >= 4 is 34.0 Å². The van der Waals surface area contributed by atoms with E-state index in [4.69, 9.17) is 0 Å². The molecule has 2 heteroatoms. The van der Waals surface area contributed by atoms with Crippen molar-refractivity contribution in [3.8, 4) is 12.3 Å². The van der Waals surface area contributed by atoms with Gasteiger partial charge in [0, 0.05) is 0 Å². The Balaban J connectivity index is -0.0000000200. The number of terminal acetylenes is 1. The van der Waals surface area contributed by atoms with Crippen molar-refractivity contribution in [2.45, 2.75) is 6.92 Å². The summed E-state index contributed by atoms with van der Waals surface area (Å²) in [4.78, 5) is 0. The predicted octanol–water partition coefficient (Wildman–Crippen LogP) is 1.80. The molecule has 0 spiro atoms. The van der Waals surface area contributed by atoms with Crippen LogP contribution in [0.1, 0.15) is 6.92 Å². The Kier molecular flexibility index (Phi) is 86.1. The average Bonchev–Trinajstić information content (AvgIpc) is 0.918. The van der Waals surface area contributed by atoms with E-state index in [0.717, 1.165) is 0 Å². The van der Waals surface area contributed by atoms with Crippen molar-refractivity contribution in [2.75, 3.05) is 0 Å². The van der Waals surface area contributed by atoms with Crippen LogP contribution in [0.2, 0.25) is 0 Å². The quantitative estimate of drug-likeness (QED) is 0.525. The second-order valence-electron chi connectivity index (χ2n) is 0.289. The van der Waals surface area contributed by atoms with Crippen LogP contribution in [0.3, 0.4) is 0 Å². The Morgan fingerprint density at radius 1 is 1.40 bits per heavy atom. The van der Waals surface area contributed by atoms with E-state index in [-0.39, 0.29) is 34.0 Å². The third kappa shape index (κ3) is 106.